The predicted molar refractivity (Wildman–Crippen MR) is 397 cm³/mol. The Morgan fingerprint density at radius 2 is 0.892 bits per heavy atom. The number of rotatable bonds is 17. The quantitative estimate of drug-likeness (QED) is 0.0849. The number of benzene rings is 12. The standard InChI is InChI=1S/C92H66F6N2O2/c1-5-59-23-43-71(44-24-59)101-73-47-31-63(32-48-73)91(89-83(93)17-11-18-84(89)94)79-15-9-7-13-75(79)77-51-41-67(53-81(77)91)99(69-35-21-57(3)87(97)55-69)65-37-27-61(28-38-65)62-29-39-66(40-30-62)100(70-36-22-58(4)88(98)56-70)68-42-52-78-76-14-8-10-16-80(76)92(82(78)54-68,90-85(95)19-12-20-86(90)96)64-33-49-74(50-34-64)102-72-45-25-60(6-2)26-46-72/h5-29,31-56,62,78,82H,1-2,30H2,3-4H3. The number of hydrogen-bond donors (Lipinski definition) is 0. The number of aryl methyl sites for hydroxylation is 2. The molecule has 12 aromatic rings. The Morgan fingerprint density at radius 3 is 1.45 bits per heavy atom. The van der Waals surface area contributed by atoms with Crippen LogP contribution >= 0.6 is 0 Å². The molecule has 0 aliphatic heterocycles. The zero-order valence-corrected chi connectivity index (χ0v) is 55.8. The van der Waals surface area contributed by atoms with E-state index in [1.807, 2.05) is 210 Å². The maximum absolute atomic E-state index is 17.1. The first-order valence-electron chi connectivity index (χ1n) is 34.0. The minimum Gasteiger partial charge on any atom is -0.457 e. The Kier molecular flexibility index (Phi) is 16.6. The Labute approximate surface area is 589 Å². The molecule has 5 atom stereocenters. The van der Waals surface area contributed by atoms with E-state index >= 15 is 26.3 Å². The molecule has 16 rings (SSSR count). The van der Waals surface area contributed by atoms with E-state index in [0.717, 1.165) is 44.6 Å². The molecule has 0 fully saturated rings. The lowest BCUT2D eigenvalue weighted by Crippen LogP contribution is -2.38. The number of halogens is 6. The number of nitrogens with zero attached hydrogens (tertiary/aromatic N) is 2. The van der Waals surface area contributed by atoms with E-state index < -0.39 is 51.7 Å². The Morgan fingerprint density at radius 1 is 0.412 bits per heavy atom. The highest BCUT2D eigenvalue weighted by Gasteiger charge is 2.56. The molecule has 10 heteroatoms. The number of anilines is 4. The van der Waals surface area contributed by atoms with Crippen LogP contribution in [0.2, 0.25) is 0 Å². The lowest BCUT2D eigenvalue weighted by Gasteiger charge is -2.41. The molecule has 5 unspecified atom stereocenters. The van der Waals surface area contributed by atoms with Gasteiger partial charge in [-0.3, -0.25) is 0 Å². The number of ether oxygens (including phenoxy) is 2. The van der Waals surface area contributed by atoms with E-state index in [9.17, 15) is 0 Å². The predicted octanol–water partition coefficient (Wildman–Crippen LogP) is 24.5. The highest BCUT2D eigenvalue weighted by atomic mass is 19.2. The molecular formula is C92H66F6N2O2. The number of allylic oxidation sites excluding steroid dienone is 6. The van der Waals surface area contributed by atoms with Crippen LogP contribution < -0.4 is 19.3 Å². The Hall–Kier alpha value is -12.1. The van der Waals surface area contributed by atoms with Crippen LogP contribution in [0.15, 0.2) is 322 Å². The first-order valence-corrected chi connectivity index (χ1v) is 34.0. The van der Waals surface area contributed by atoms with Crippen molar-refractivity contribution in [2.45, 2.75) is 42.9 Å². The van der Waals surface area contributed by atoms with Crippen LogP contribution in [0.5, 0.6) is 23.0 Å². The third-order valence-electron chi connectivity index (χ3n) is 20.7. The van der Waals surface area contributed by atoms with Gasteiger partial charge in [0, 0.05) is 63.0 Å². The molecular weight excluding hydrogens is 1280 g/mol. The molecule has 4 nitrogen and oxygen atoms in total. The zero-order valence-electron chi connectivity index (χ0n) is 55.8. The summed E-state index contributed by atoms with van der Waals surface area (Å²) in [6.07, 6.45) is 16.6. The maximum atomic E-state index is 17.1. The fraction of sp³-hybridized carbons (Fsp3) is 0.0870. The van der Waals surface area contributed by atoms with E-state index in [2.05, 4.69) is 49.6 Å². The van der Waals surface area contributed by atoms with Crippen molar-refractivity contribution in [1.82, 2.24) is 0 Å². The largest absolute Gasteiger partial charge is 0.457 e. The minimum absolute atomic E-state index is 0.0785. The summed E-state index contributed by atoms with van der Waals surface area (Å²) in [4.78, 5) is 3.98. The van der Waals surface area contributed by atoms with Crippen molar-refractivity contribution in [3.63, 3.8) is 0 Å². The van der Waals surface area contributed by atoms with Crippen molar-refractivity contribution in [1.29, 1.82) is 0 Å². The molecule has 0 amide bonds. The SMILES string of the molecule is C=Cc1ccc(Oc2ccc(C3(c4c(F)cccc4F)c4ccccc4-c4ccc(N(c5ccc(C6C=CC(N(C7=CC8C(C=C7)c7ccccc7C8(c7ccc(Oc8ccc(C=C)cc8)cc7)c7c(F)cccc7F)c7ccc(C)c(F)c7)=CC6)cc5)c5ccc(C)c(F)c5)cc43)cc2)cc1. The fourth-order valence-corrected chi connectivity index (χ4v) is 15.9. The summed E-state index contributed by atoms with van der Waals surface area (Å²) in [7, 11) is 0. The summed E-state index contributed by atoms with van der Waals surface area (Å²) >= 11 is 0. The molecule has 0 bridgehead atoms. The van der Waals surface area contributed by atoms with Gasteiger partial charge in [0.15, 0.2) is 0 Å². The van der Waals surface area contributed by atoms with Crippen LogP contribution in [0.4, 0.5) is 49.1 Å². The molecule has 0 saturated heterocycles. The molecule has 498 valence electrons. The molecule has 12 aromatic carbocycles. The average Bonchev–Trinajstić information content (AvgIpc) is 1.53. The van der Waals surface area contributed by atoms with Gasteiger partial charge in [0.25, 0.3) is 0 Å². The van der Waals surface area contributed by atoms with Crippen LogP contribution in [-0.2, 0) is 10.8 Å². The van der Waals surface area contributed by atoms with Crippen molar-refractivity contribution in [2.75, 3.05) is 9.80 Å². The molecule has 0 N–H and O–H groups in total. The van der Waals surface area contributed by atoms with Gasteiger partial charge in [0.2, 0.25) is 0 Å². The van der Waals surface area contributed by atoms with Crippen molar-refractivity contribution >= 4 is 34.9 Å². The van der Waals surface area contributed by atoms with E-state index in [4.69, 9.17) is 9.47 Å². The Balaban J connectivity index is 0.759. The molecule has 0 saturated carbocycles. The van der Waals surface area contributed by atoms with Gasteiger partial charge < -0.3 is 19.3 Å². The summed E-state index contributed by atoms with van der Waals surface area (Å²) in [6.45, 7) is 11.2. The first kappa shape index (κ1) is 64.5. The molecule has 0 spiro atoms. The van der Waals surface area contributed by atoms with Crippen LogP contribution in [0, 0.1) is 54.7 Å². The van der Waals surface area contributed by atoms with Crippen molar-refractivity contribution in [3.8, 4) is 34.1 Å². The Bertz CT molecular complexity index is 5390. The fourth-order valence-electron chi connectivity index (χ4n) is 15.9. The third kappa shape index (κ3) is 11.0. The van der Waals surface area contributed by atoms with Crippen LogP contribution in [0.25, 0.3) is 23.3 Å². The van der Waals surface area contributed by atoms with E-state index in [1.54, 1.807) is 38.1 Å². The highest BCUT2D eigenvalue weighted by Crippen LogP contribution is 2.62. The van der Waals surface area contributed by atoms with Gasteiger partial charge in [-0.05, 0) is 226 Å². The van der Waals surface area contributed by atoms with Gasteiger partial charge in [-0.15, -0.1) is 0 Å². The smallest absolute Gasteiger partial charge is 0.130 e. The minimum atomic E-state index is -1.53. The second-order valence-electron chi connectivity index (χ2n) is 26.4. The summed E-state index contributed by atoms with van der Waals surface area (Å²) < 4.78 is 113. The number of hydrogen-bond acceptors (Lipinski definition) is 4. The monoisotopic (exact) mass is 1340 g/mol. The van der Waals surface area contributed by atoms with Crippen molar-refractivity contribution < 1.29 is 35.8 Å². The topological polar surface area (TPSA) is 24.9 Å². The third-order valence-corrected chi connectivity index (χ3v) is 20.7. The first-order chi connectivity index (χ1) is 49.7. The van der Waals surface area contributed by atoms with Crippen LogP contribution in [0.1, 0.15) is 90.6 Å². The van der Waals surface area contributed by atoms with E-state index in [-0.39, 0.29) is 23.0 Å². The molecule has 0 aromatic heterocycles. The lowest BCUT2D eigenvalue weighted by atomic mass is 9.62. The van der Waals surface area contributed by atoms with Crippen LogP contribution in [-0.4, -0.2) is 0 Å². The van der Waals surface area contributed by atoms with Crippen molar-refractivity contribution in [2.24, 2.45) is 5.92 Å². The summed E-state index contributed by atoms with van der Waals surface area (Å²) in [5, 5.41) is 0. The molecule has 4 aliphatic rings. The van der Waals surface area contributed by atoms with Gasteiger partial charge in [0.05, 0.1) is 10.8 Å². The second-order valence-corrected chi connectivity index (χ2v) is 26.4. The average molecular weight is 1350 g/mol. The van der Waals surface area contributed by atoms with Gasteiger partial charge in [-0.1, -0.05) is 189 Å². The lowest BCUT2D eigenvalue weighted by molar-refractivity contribution is 0.410. The zero-order chi connectivity index (χ0) is 70.0. The van der Waals surface area contributed by atoms with Gasteiger partial charge in [-0.25, -0.2) is 26.3 Å². The maximum Gasteiger partial charge on any atom is 0.130 e. The molecule has 4 aliphatic carbocycles. The van der Waals surface area contributed by atoms with Crippen LogP contribution in [0.3, 0.4) is 0 Å². The van der Waals surface area contributed by atoms with Gasteiger partial charge in [0.1, 0.15) is 57.9 Å². The molecule has 0 radical (unpaired) electrons. The van der Waals surface area contributed by atoms with Gasteiger partial charge in [-0.2, -0.15) is 0 Å². The molecule has 102 heavy (non-hydrogen) atoms. The van der Waals surface area contributed by atoms with Crippen molar-refractivity contribution in [3.05, 3.63) is 429 Å². The molecule has 0 heterocycles. The van der Waals surface area contributed by atoms with Gasteiger partial charge >= 0.3 is 0 Å². The summed E-state index contributed by atoms with van der Waals surface area (Å²) in [5.41, 5.74) is 10.4. The summed E-state index contributed by atoms with van der Waals surface area (Å²) in [6, 6.07) is 77.7. The number of fused-ring (bicyclic) bond motifs is 6. The highest BCUT2D eigenvalue weighted by molar-refractivity contribution is 5.90. The van der Waals surface area contributed by atoms with E-state index in [1.165, 1.54) is 48.5 Å². The normalized spacial score (nSPS) is 18.3. The van der Waals surface area contributed by atoms with E-state index in [0.29, 0.717) is 91.2 Å². The summed E-state index contributed by atoms with van der Waals surface area (Å²) in [5.74, 6) is -2.35. The second kappa shape index (κ2) is 26.2.